The Morgan fingerprint density at radius 2 is 0.962 bits per heavy atom. The highest BCUT2D eigenvalue weighted by Gasteiger charge is 2.21. The van der Waals surface area contributed by atoms with Gasteiger partial charge in [0.25, 0.3) is 0 Å². The molecule has 52 heavy (non-hydrogen) atoms. The molecule has 2 aromatic heterocycles. The number of carbonyl (C=O) groups is 3. The molecular weight excluding hydrogens is 703 g/mol. The zero-order valence-corrected chi connectivity index (χ0v) is 29.6. The number of ether oxygens (including phenoxy) is 2. The first-order valence-corrected chi connectivity index (χ1v) is 16.1. The summed E-state index contributed by atoms with van der Waals surface area (Å²) in [7, 11) is 0. The van der Waals surface area contributed by atoms with Gasteiger partial charge >= 0.3 is 6.16 Å². The van der Waals surface area contributed by atoms with Gasteiger partial charge in [0.15, 0.2) is 0 Å². The van der Waals surface area contributed by atoms with Gasteiger partial charge < -0.3 is 31.6 Å². The summed E-state index contributed by atoms with van der Waals surface area (Å²) in [6, 6.07) is 29.3. The van der Waals surface area contributed by atoms with Crippen molar-refractivity contribution in [2.45, 2.75) is 25.0 Å². The van der Waals surface area contributed by atoms with Crippen LogP contribution in [0.5, 0.6) is 0 Å². The highest BCUT2D eigenvalue weighted by atomic mass is 35.5. The number of rotatable bonds is 12. The number of halogens is 2. The van der Waals surface area contributed by atoms with E-state index in [1.54, 1.807) is 73.3 Å². The lowest BCUT2D eigenvalue weighted by molar-refractivity contribution is -0.118. The van der Waals surface area contributed by atoms with Gasteiger partial charge in [-0.15, -0.1) is 24.8 Å². The topological polar surface area (TPSA) is 172 Å². The van der Waals surface area contributed by atoms with Crippen molar-refractivity contribution in [3.8, 4) is 0 Å². The number of nitrogens with two attached hydrogens (primary N) is 2. The van der Waals surface area contributed by atoms with E-state index in [0.717, 1.165) is 43.8 Å². The Morgan fingerprint density at radius 1 is 0.558 bits per heavy atom. The average Bonchev–Trinajstić information content (AvgIpc) is 3.14. The van der Waals surface area contributed by atoms with Gasteiger partial charge in [0.2, 0.25) is 11.8 Å². The number of amides is 2. The van der Waals surface area contributed by atoms with Gasteiger partial charge in [-0.05, 0) is 69.4 Å². The molecule has 6 rings (SSSR count). The lowest BCUT2D eigenvalue weighted by Gasteiger charge is -2.16. The Morgan fingerprint density at radius 3 is 1.35 bits per heavy atom. The molecule has 13 heteroatoms. The number of benzene rings is 4. The van der Waals surface area contributed by atoms with Crippen molar-refractivity contribution in [3.05, 3.63) is 144 Å². The molecule has 0 spiro atoms. The molecule has 0 bridgehead atoms. The van der Waals surface area contributed by atoms with Gasteiger partial charge in [0, 0.05) is 60.0 Å². The van der Waals surface area contributed by atoms with Gasteiger partial charge in [-0.2, -0.15) is 0 Å². The van der Waals surface area contributed by atoms with Crippen molar-refractivity contribution in [2.24, 2.45) is 11.5 Å². The van der Waals surface area contributed by atoms with Crippen LogP contribution in [0.1, 0.15) is 34.1 Å². The van der Waals surface area contributed by atoms with Crippen molar-refractivity contribution in [2.75, 3.05) is 23.7 Å². The predicted octanol–water partition coefficient (Wildman–Crippen LogP) is 6.84. The largest absolute Gasteiger partial charge is 0.508 e. The highest BCUT2D eigenvalue weighted by molar-refractivity contribution is 5.99. The molecule has 6 N–H and O–H groups in total. The van der Waals surface area contributed by atoms with E-state index in [9.17, 15) is 14.4 Å². The zero-order chi connectivity index (χ0) is 34.9. The SMILES string of the molecule is Cl.Cl.NC[C@@H](C(=O)Nc1ccc2cnccc2c1)c1ccc(COC(=O)OCc2ccc([C@@H](CN)C(=O)Nc3ccc4cnccc4c3)cc2)cc1. The van der Waals surface area contributed by atoms with E-state index < -0.39 is 18.0 Å². The summed E-state index contributed by atoms with van der Waals surface area (Å²) in [6.45, 7) is 0.224. The van der Waals surface area contributed by atoms with Crippen LogP contribution in [0, 0.1) is 0 Å². The molecule has 0 aliphatic rings. The molecule has 0 aliphatic heterocycles. The summed E-state index contributed by atoms with van der Waals surface area (Å²) in [5.41, 5.74) is 16.2. The number of nitrogens with one attached hydrogen (secondary N) is 2. The number of anilines is 2. The maximum Gasteiger partial charge on any atom is 0.508 e. The second-order valence-electron chi connectivity index (χ2n) is 11.7. The van der Waals surface area contributed by atoms with Crippen molar-refractivity contribution in [3.63, 3.8) is 0 Å². The number of hydrogen-bond donors (Lipinski definition) is 4. The number of hydrogen-bond acceptors (Lipinski definition) is 9. The number of aromatic nitrogens is 2. The maximum atomic E-state index is 13.1. The molecule has 2 heterocycles. The minimum absolute atomic E-state index is 0. The van der Waals surface area contributed by atoms with Gasteiger partial charge in [-0.3, -0.25) is 19.6 Å². The second kappa shape index (κ2) is 18.6. The van der Waals surface area contributed by atoms with Crippen LogP contribution in [0.15, 0.2) is 122 Å². The third-order valence-corrected chi connectivity index (χ3v) is 8.40. The fraction of sp³-hybridized carbons (Fsp3) is 0.154. The van der Waals surface area contributed by atoms with Crippen LogP contribution in [0.4, 0.5) is 16.2 Å². The van der Waals surface area contributed by atoms with E-state index >= 15 is 0 Å². The highest BCUT2D eigenvalue weighted by Crippen LogP contribution is 2.24. The normalized spacial score (nSPS) is 11.7. The Labute approximate surface area is 312 Å². The second-order valence-corrected chi connectivity index (χ2v) is 11.7. The van der Waals surface area contributed by atoms with Crippen molar-refractivity contribution < 1.29 is 23.9 Å². The molecule has 4 aromatic carbocycles. The van der Waals surface area contributed by atoms with Crippen LogP contribution in [0.3, 0.4) is 0 Å². The van der Waals surface area contributed by atoms with E-state index in [0.29, 0.717) is 11.4 Å². The molecule has 2 amide bonds. The number of fused-ring (bicyclic) bond motifs is 2. The quantitative estimate of drug-likeness (QED) is 0.0981. The van der Waals surface area contributed by atoms with Crippen LogP contribution in [0.2, 0.25) is 0 Å². The minimum atomic E-state index is -0.825. The Kier molecular flexibility index (Phi) is 14.0. The number of pyridine rings is 2. The predicted molar refractivity (Wildman–Crippen MR) is 207 cm³/mol. The first kappa shape index (κ1) is 39.2. The summed E-state index contributed by atoms with van der Waals surface area (Å²) < 4.78 is 10.6. The Balaban J connectivity index is 0.00000302. The van der Waals surface area contributed by atoms with Crippen LogP contribution < -0.4 is 22.1 Å². The molecule has 0 saturated heterocycles. The molecule has 0 fully saturated rings. The summed E-state index contributed by atoms with van der Waals surface area (Å²) in [5, 5.41) is 9.79. The van der Waals surface area contributed by atoms with Crippen LogP contribution in [-0.4, -0.2) is 41.0 Å². The zero-order valence-electron chi connectivity index (χ0n) is 27.9. The van der Waals surface area contributed by atoms with Crippen LogP contribution >= 0.6 is 24.8 Å². The van der Waals surface area contributed by atoms with Crippen molar-refractivity contribution >= 4 is 75.7 Å². The van der Waals surface area contributed by atoms with Gasteiger partial charge in [-0.1, -0.05) is 60.7 Å². The van der Waals surface area contributed by atoms with Gasteiger partial charge in [0.05, 0.1) is 11.8 Å². The van der Waals surface area contributed by atoms with E-state index in [-0.39, 0.29) is 62.9 Å². The van der Waals surface area contributed by atoms with Gasteiger partial charge in [-0.25, -0.2) is 4.79 Å². The molecule has 0 radical (unpaired) electrons. The fourth-order valence-corrected chi connectivity index (χ4v) is 5.59. The number of nitrogens with zero attached hydrogens (tertiary/aromatic N) is 2. The molecule has 2 atom stereocenters. The summed E-state index contributed by atoms with van der Waals surface area (Å²) in [6.07, 6.45) is 6.12. The maximum absolute atomic E-state index is 13.1. The van der Waals surface area contributed by atoms with E-state index in [1.165, 1.54) is 0 Å². The lowest BCUT2D eigenvalue weighted by atomic mass is 9.97. The third-order valence-electron chi connectivity index (χ3n) is 8.40. The summed E-state index contributed by atoms with van der Waals surface area (Å²) in [4.78, 5) is 46.7. The van der Waals surface area contributed by atoms with Crippen LogP contribution in [-0.2, 0) is 32.3 Å². The summed E-state index contributed by atoms with van der Waals surface area (Å²) >= 11 is 0. The van der Waals surface area contributed by atoms with Crippen LogP contribution in [0.25, 0.3) is 21.5 Å². The first-order valence-electron chi connectivity index (χ1n) is 16.1. The molecule has 0 saturated carbocycles. The molecule has 0 aliphatic carbocycles. The van der Waals surface area contributed by atoms with E-state index in [4.69, 9.17) is 20.9 Å². The summed E-state index contributed by atoms with van der Waals surface area (Å²) in [5.74, 6) is -1.57. The lowest BCUT2D eigenvalue weighted by Crippen LogP contribution is -2.27. The molecule has 11 nitrogen and oxygen atoms in total. The van der Waals surface area contributed by atoms with E-state index in [1.807, 2.05) is 48.5 Å². The van der Waals surface area contributed by atoms with Crippen molar-refractivity contribution in [1.29, 1.82) is 0 Å². The molecule has 0 unspecified atom stereocenters. The van der Waals surface area contributed by atoms with Crippen molar-refractivity contribution in [1.82, 2.24) is 9.97 Å². The smallest absolute Gasteiger partial charge is 0.429 e. The molecular formula is C39H38Cl2N6O5. The standard InChI is InChI=1S/C39H36N6O5.2ClH/c40-19-35(37(46)44-33-11-9-31-21-42-15-13-29(31)17-33)27-5-1-25(2-6-27)23-49-39(48)50-24-26-3-7-28(8-4-26)36(20-41)38(47)45-34-12-10-32-22-43-16-14-30(32)18-34;;/h1-18,21-22,35-36H,19-20,23-24,40-41H2,(H,44,46)(H,45,47);2*1H/t35-,36-;;/m1../s1. The molecule has 6 aromatic rings. The number of carbonyl (C=O) groups excluding carboxylic acids is 3. The Hall–Kier alpha value is -5.59. The van der Waals surface area contributed by atoms with Gasteiger partial charge in [0.1, 0.15) is 13.2 Å². The third kappa shape index (κ3) is 9.80. The Bertz CT molecular complexity index is 1980. The first-order chi connectivity index (χ1) is 24.4. The van der Waals surface area contributed by atoms with E-state index in [2.05, 4.69) is 20.6 Å². The minimum Gasteiger partial charge on any atom is -0.429 e. The fourth-order valence-electron chi connectivity index (χ4n) is 5.59. The molecule has 268 valence electrons. The average molecular weight is 742 g/mol. The monoisotopic (exact) mass is 740 g/mol.